The number of aryl methyl sites for hydroxylation is 1. The van der Waals surface area contributed by atoms with Crippen LogP contribution in [0.1, 0.15) is 61.9 Å². The van der Waals surface area contributed by atoms with Gasteiger partial charge < -0.3 is 9.47 Å². The maximum Gasteiger partial charge on any atom is 0.340 e. The third kappa shape index (κ3) is 4.34. The van der Waals surface area contributed by atoms with E-state index in [4.69, 9.17) is 9.47 Å². The normalized spacial score (nSPS) is 17.7. The Balaban J connectivity index is 1.82. The second-order valence-corrected chi connectivity index (χ2v) is 5.42. The highest BCUT2D eigenvalue weighted by Crippen LogP contribution is 2.22. The molecule has 3 heteroatoms. The zero-order chi connectivity index (χ0) is 14.4. The first-order chi connectivity index (χ1) is 9.69. The second kappa shape index (κ2) is 7.44. The third-order valence-electron chi connectivity index (χ3n) is 3.81. The first-order valence-corrected chi connectivity index (χ1v) is 7.64. The van der Waals surface area contributed by atoms with Crippen LogP contribution in [0.15, 0.2) is 24.3 Å². The molecule has 1 aromatic carbocycles. The van der Waals surface area contributed by atoms with Gasteiger partial charge in [-0.05, 0) is 43.9 Å². The lowest BCUT2D eigenvalue weighted by atomic mass is 9.98. The molecule has 0 aliphatic heterocycles. The molecule has 0 bridgehead atoms. The minimum absolute atomic E-state index is 0.244. The second-order valence-electron chi connectivity index (χ2n) is 5.42. The molecule has 3 nitrogen and oxygen atoms in total. The summed E-state index contributed by atoms with van der Waals surface area (Å²) in [5.41, 5.74) is 1.80. The maximum absolute atomic E-state index is 12.0. The monoisotopic (exact) mass is 276 g/mol. The number of rotatable bonds is 5. The van der Waals surface area contributed by atoms with Gasteiger partial charge in [0.1, 0.15) is 0 Å². The lowest BCUT2D eigenvalue weighted by Gasteiger charge is -2.25. The van der Waals surface area contributed by atoms with Crippen molar-refractivity contribution in [3.05, 3.63) is 35.4 Å². The summed E-state index contributed by atoms with van der Waals surface area (Å²) in [6.07, 6.45) is 6.60. The molecule has 1 saturated carbocycles. The Morgan fingerprint density at radius 2 is 1.85 bits per heavy atom. The quantitative estimate of drug-likeness (QED) is 0.600. The highest BCUT2D eigenvalue weighted by Gasteiger charge is 2.19. The fourth-order valence-corrected chi connectivity index (χ4v) is 2.60. The van der Waals surface area contributed by atoms with Gasteiger partial charge in [0.05, 0.1) is 11.7 Å². The van der Waals surface area contributed by atoms with Crippen molar-refractivity contribution in [2.75, 3.05) is 0 Å². The standard InChI is InChI=1S/C17H24O3/c1-3-14-9-11-15(12-10-14)17(18)20-13(2)19-16-7-5-4-6-8-16/h9-13,16H,3-8H2,1-2H3. The van der Waals surface area contributed by atoms with Gasteiger partial charge in [-0.2, -0.15) is 0 Å². The van der Waals surface area contributed by atoms with Gasteiger partial charge in [-0.3, -0.25) is 0 Å². The summed E-state index contributed by atoms with van der Waals surface area (Å²) in [5.74, 6) is -0.309. The Morgan fingerprint density at radius 1 is 1.20 bits per heavy atom. The van der Waals surface area contributed by atoms with Crippen molar-refractivity contribution >= 4 is 5.97 Å². The van der Waals surface area contributed by atoms with E-state index in [-0.39, 0.29) is 12.1 Å². The van der Waals surface area contributed by atoms with E-state index < -0.39 is 6.29 Å². The number of hydrogen-bond acceptors (Lipinski definition) is 3. The first-order valence-electron chi connectivity index (χ1n) is 7.64. The first kappa shape index (κ1) is 15.0. The van der Waals surface area contributed by atoms with E-state index in [1.807, 2.05) is 24.3 Å². The van der Waals surface area contributed by atoms with Crippen molar-refractivity contribution in [3.63, 3.8) is 0 Å². The van der Waals surface area contributed by atoms with Crippen LogP contribution in [0.4, 0.5) is 0 Å². The Bertz CT molecular complexity index is 418. The number of carbonyl (C=O) groups is 1. The van der Waals surface area contributed by atoms with Crippen LogP contribution in [-0.4, -0.2) is 18.4 Å². The van der Waals surface area contributed by atoms with Crippen molar-refractivity contribution in [1.82, 2.24) is 0 Å². The number of carbonyl (C=O) groups excluding carboxylic acids is 1. The van der Waals surface area contributed by atoms with Crippen molar-refractivity contribution in [2.24, 2.45) is 0 Å². The number of ether oxygens (including phenoxy) is 2. The minimum Gasteiger partial charge on any atom is -0.432 e. The van der Waals surface area contributed by atoms with Gasteiger partial charge in [0, 0.05) is 0 Å². The molecule has 2 rings (SSSR count). The van der Waals surface area contributed by atoms with Crippen molar-refractivity contribution in [1.29, 1.82) is 0 Å². The highest BCUT2D eigenvalue weighted by molar-refractivity contribution is 5.89. The SMILES string of the molecule is CCc1ccc(C(=O)OC(C)OC2CCCCC2)cc1. The molecule has 0 heterocycles. The van der Waals surface area contributed by atoms with Crippen LogP contribution in [0.2, 0.25) is 0 Å². The summed E-state index contributed by atoms with van der Waals surface area (Å²) in [6.45, 7) is 3.89. The summed E-state index contributed by atoms with van der Waals surface area (Å²) in [4.78, 5) is 12.0. The van der Waals surface area contributed by atoms with E-state index >= 15 is 0 Å². The molecule has 0 aromatic heterocycles. The van der Waals surface area contributed by atoms with Gasteiger partial charge >= 0.3 is 5.97 Å². The van der Waals surface area contributed by atoms with Crippen LogP contribution in [0.3, 0.4) is 0 Å². The Kier molecular flexibility index (Phi) is 5.60. The molecule has 0 spiro atoms. The molecule has 0 N–H and O–H groups in total. The van der Waals surface area contributed by atoms with E-state index in [9.17, 15) is 4.79 Å². The lowest BCUT2D eigenvalue weighted by molar-refractivity contribution is -0.137. The fraction of sp³-hybridized carbons (Fsp3) is 0.588. The van der Waals surface area contributed by atoms with E-state index in [1.165, 1.54) is 24.8 Å². The van der Waals surface area contributed by atoms with Crippen LogP contribution < -0.4 is 0 Å². The molecule has 1 aliphatic carbocycles. The van der Waals surface area contributed by atoms with Gasteiger partial charge in [0.15, 0.2) is 0 Å². The topological polar surface area (TPSA) is 35.5 Å². The van der Waals surface area contributed by atoms with Gasteiger partial charge in [-0.25, -0.2) is 4.79 Å². The zero-order valence-electron chi connectivity index (χ0n) is 12.4. The summed E-state index contributed by atoms with van der Waals surface area (Å²) in [6, 6.07) is 7.55. The van der Waals surface area contributed by atoms with Crippen LogP contribution >= 0.6 is 0 Å². The van der Waals surface area contributed by atoms with Crippen molar-refractivity contribution in [2.45, 2.75) is 64.8 Å². The lowest BCUT2D eigenvalue weighted by Crippen LogP contribution is -2.26. The minimum atomic E-state index is -0.476. The molecule has 1 unspecified atom stereocenters. The van der Waals surface area contributed by atoms with Crippen LogP contribution in [-0.2, 0) is 15.9 Å². The molecular weight excluding hydrogens is 252 g/mol. The molecule has 20 heavy (non-hydrogen) atoms. The van der Waals surface area contributed by atoms with Gasteiger partial charge in [-0.15, -0.1) is 0 Å². The van der Waals surface area contributed by atoms with Crippen LogP contribution in [0.5, 0.6) is 0 Å². The number of esters is 1. The molecule has 0 saturated heterocycles. The maximum atomic E-state index is 12.0. The van der Waals surface area contributed by atoms with E-state index in [0.29, 0.717) is 5.56 Å². The van der Waals surface area contributed by atoms with Gasteiger partial charge in [0.25, 0.3) is 0 Å². The molecule has 0 radical (unpaired) electrons. The van der Waals surface area contributed by atoms with E-state index in [2.05, 4.69) is 6.92 Å². The molecule has 110 valence electrons. The van der Waals surface area contributed by atoms with E-state index in [1.54, 1.807) is 6.92 Å². The summed E-state index contributed by atoms with van der Waals surface area (Å²) >= 11 is 0. The van der Waals surface area contributed by atoms with Crippen LogP contribution in [0, 0.1) is 0 Å². The van der Waals surface area contributed by atoms with Gasteiger partial charge in [0.2, 0.25) is 6.29 Å². The molecule has 1 aromatic rings. The Hall–Kier alpha value is -1.35. The highest BCUT2D eigenvalue weighted by atomic mass is 16.7. The Labute approximate surface area is 121 Å². The number of benzene rings is 1. The van der Waals surface area contributed by atoms with Crippen molar-refractivity contribution in [3.8, 4) is 0 Å². The largest absolute Gasteiger partial charge is 0.432 e. The average Bonchev–Trinajstić information content (AvgIpc) is 2.48. The molecular formula is C17H24O3. The zero-order valence-corrected chi connectivity index (χ0v) is 12.4. The molecule has 0 amide bonds. The Morgan fingerprint density at radius 3 is 2.45 bits per heavy atom. The smallest absolute Gasteiger partial charge is 0.340 e. The molecule has 1 atom stereocenters. The predicted molar refractivity (Wildman–Crippen MR) is 78.7 cm³/mol. The van der Waals surface area contributed by atoms with Crippen LogP contribution in [0.25, 0.3) is 0 Å². The average molecular weight is 276 g/mol. The fourth-order valence-electron chi connectivity index (χ4n) is 2.60. The van der Waals surface area contributed by atoms with Crippen molar-refractivity contribution < 1.29 is 14.3 Å². The number of hydrogen-bond donors (Lipinski definition) is 0. The van der Waals surface area contributed by atoms with E-state index in [0.717, 1.165) is 19.3 Å². The summed E-state index contributed by atoms with van der Waals surface area (Å²) in [5, 5.41) is 0. The summed E-state index contributed by atoms with van der Waals surface area (Å²) in [7, 11) is 0. The third-order valence-corrected chi connectivity index (χ3v) is 3.81. The molecule has 1 aliphatic rings. The van der Waals surface area contributed by atoms with Gasteiger partial charge in [-0.1, -0.05) is 38.3 Å². The summed E-state index contributed by atoms with van der Waals surface area (Å²) < 4.78 is 11.1. The predicted octanol–water partition coefficient (Wildman–Crippen LogP) is 4.10. The molecule has 1 fully saturated rings.